The topological polar surface area (TPSA) is 45.7 Å². The lowest BCUT2D eigenvalue weighted by molar-refractivity contribution is -0.131. The quantitative estimate of drug-likeness (QED) is 0.801. The molecule has 3 rings (SSSR count). The Morgan fingerprint density at radius 3 is 2.85 bits per heavy atom. The molecule has 1 aliphatic heterocycles. The van der Waals surface area contributed by atoms with Crippen LogP contribution in [0.4, 0.5) is 0 Å². The van der Waals surface area contributed by atoms with Gasteiger partial charge in [0.05, 0.1) is 12.8 Å². The summed E-state index contributed by atoms with van der Waals surface area (Å²) in [4.78, 5) is 21.4. The van der Waals surface area contributed by atoms with Crippen LogP contribution in [0.3, 0.4) is 0 Å². The molecule has 26 heavy (non-hydrogen) atoms. The molecule has 0 N–H and O–H groups in total. The lowest BCUT2D eigenvalue weighted by atomic mass is 10.1. The maximum atomic E-state index is 12.6. The number of rotatable bonds is 6. The number of carbonyl (C=O) groups is 1. The first-order valence-corrected chi connectivity index (χ1v) is 9.27. The van der Waals surface area contributed by atoms with E-state index in [1.807, 2.05) is 47.5 Å². The van der Waals surface area contributed by atoms with Crippen LogP contribution < -0.4 is 4.74 Å². The fraction of sp³-hybridized carbons (Fsp3) is 0.429. The Hall–Kier alpha value is -2.40. The number of methoxy groups -OCH3 is 1. The molecule has 1 saturated heterocycles. The van der Waals surface area contributed by atoms with Gasteiger partial charge in [0.15, 0.2) is 0 Å². The van der Waals surface area contributed by atoms with E-state index in [0.717, 1.165) is 62.6 Å². The molecule has 0 spiro atoms. The highest BCUT2D eigenvalue weighted by Gasteiger charge is 2.19. The first-order chi connectivity index (χ1) is 12.7. The van der Waals surface area contributed by atoms with E-state index in [4.69, 9.17) is 4.74 Å². The summed E-state index contributed by atoms with van der Waals surface area (Å²) in [5.74, 6) is 1.09. The summed E-state index contributed by atoms with van der Waals surface area (Å²) in [5, 5.41) is 0. The zero-order valence-electron chi connectivity index (χ0n) is 15.4. The predicted octanol–water partition coefficient (Wildman–Crippen LogP) is 2.76. The SMILES string of the molecule is COc1cccc(CCC(=O)N2CCCN(Cc3ccccn3)CC2)c1. The predicted molar refractivity (Wildman–Crippen MR) is 102 cm³/mol. The zero-order valence-corrected chi connectivity index (χ0v) is 15.4. The van der Waals surface area contributed by atoms with Crippen molar-refractivity contribution in [3.63, 3.8) is 0 Å². The van der Waals surface area contributed by atoms with Crippen LogP contribution in [-0.4, -0.2) is 54.0 Å². The maximum Gasteiger partial charge on any atom is 0.222 e. The number of pyridine rings is 1. The van der Waals surface area contributed by atoms with Crippen molar-refractivity contribution in [1.82, 2.24) is 14.8 Å². The van der Waals surface area contributed by atoms with Gasteiger partial charge in [-0.25, -0.2) is 0 Å². The number of ether oxygens (including phenoxy) is 1. The van der Waals surface area contributed by atoms with Gasteiger partial charge in [0.1, 0.15) is 5.75 Å². The van der Waals surface area contributed by atoms with Crippen LogP contribution in [0.2, 0.25) is 0 Å². The van der Waals surface area contributed by atoms with E-state index in [2.05, 4.69) is 16.0 Å². The van der Waals surface area contributed by atoms with Gasteiger partial charge >= 0.3 is 0 Å². The van der Waals surface area contributed by atoms with Crippen molar-refractivity contribution < 1.29 is 9.53 Å². The fourth-order valence-electron chi connectivity index (χ4n) is 3.34. The summed E-state index contributed by atoms with van der Waals surface area (Å²) in [5.41, 5.74) is 2.23. The highest BCUT2D eigenvalue weighted by atomic mass is 16.5. The van der Waals surface area contributed by atoms with Gasteiger partial charge in [-0.3, -0.25) is 14.7 Å². The number of carbonyl (C=O) groups excluding carboxylic acids is 1. The van der Waals surface area contributed by atoms with E-state index in [-0.39, 0.29) is 5.91 Å². The molecule has 2 aromatic rings. The largest absolute Gasteiger partial charge is 0.497 e. The van der Waals surface area contributed by atoms with E-state index < -0.39 is 0 Å². The van der Waals surface area contributed by atoms with Crippen molar-refractivity contribution in [2.24, 2.45) is 0 Å². The molecule has 5 heteroatoms. The normalized spacial score (nSPS) is 15.5. The Morgan fingerprint density at radius 2 is 2.04 bits per heavy atom. The number of benzene rings is 1. The van der Waals surface area contributed by atoms with Crippen molar-refractivity contribution in [3.8, 4) is 5.75 Å². The number of nitrogens with zero attached hydrogens (tertiary/aromatic N) is 3. The van der Waals surface area contributed by atoms with Crippen molar-refractivity contribution in [1.29, 1.82) is 0 Å². The molecule has 0 radical (unpaired) electrons. The van der Waals surface area contributed by atoms with Gasteiger partial charge in [0.25, 0.3) is 0 Å². The molecule has 138 valence electrons. The number of hydrogen-bond acceptors (Lipinski definition) is 4. The minimum absolute atomic E-state index is 0.243. The summed E-state index contributed by atoms with van der Waals surface area (Å²) in [6.45, 7) is 4.41. The molecule has 1 aliphatic rings. The van der Waals surface area contributed by atoms with E-state index >= 15 is 0 Å². The smallest absolute Gasteiger partial charge is 0.222 e. The summed E-state index contributed by atoms with van der Waals surface area (Å²) >= 11 is 0. The molecular weight excluding hydrogens is 326 g/mol. The molecule has 1 fully saturated rings. The summed E-state index contributed by atoms with van der Waals surface area (Å²) in [6.07, 6.45) is 4.15. The summed E-state index contributed by atoms with van der Waals surface area (Å²) in [6, 6.07) is 14.0. The molecule has 2 heterocycles. The van der Waals surface area contributed by atoms with Crippen molar-refractivity contribution in [2.45, 2.75) is 25.8 Å². The Bertz CT molecular complexity index is 705. The number of amides is 1. The molecular formula is C21H27N3O2. The van der Waals surface area contributed by atoms with E-state index in [1.54, 1.807) is 7.11 Å². The van der Waals surface area contributed by atoms with Crippen molar-refractivity contribution in [2.75, 3.05) is 33.3 Å². The van der Waals surface area contributed by atoms with Crippen LogP contribution >= 0.6 is 0 Å². The Morgan fingerprint density at radius 1 is 1.12 bits per heavy atom. The third-order valence-corrected chi connectivity index (χ3v) is 4.81. The van der Waals surface area contributed by atoms with Crippen molar-refractivity contribution >= 4 is 5.91 Å². The average molecular weight is 353 g/mol. The Kier molecular flexibility index (Phi) is 6.61. The second kappa shape index (κ2) is 9.34. The molecule has 0 unspecified atom stereocenters. The van der Waals surface area contributed by atoms with Gasteiger partial charge in [-0.2, -0.15) is 0 Å². The molecule has 1 amide bonds. The van der Waals surface area contributed by atoms with E-state index in [0.29, 0.717) is 6.42 Å². The second-order valence-corrected chi connectivity index (χ2v) is 6.68. The van der Waals surface area contributed by atoms with Gasteiger partial charge in [-0.15, -0.1) is 0 Å². The van der Waals surface area contributed by atoms with Crippen LogP contribution in [0.25, 0.3) is 0 Å². The third kappa shape index (κ3) is 5.30. The maximum absolute atomic E-state index is 12.6. The molecule has 5 nitrogen and oxygen atoms in total. The second-order valence-electron chi connectivity index (χ2n) is 6.68. The number of hydrogen-bond donors (Lipinski definition) is 0. The van der Waals surface area contributed by atoms with Crippen LogP contribution in [0, 0.1) is 0 Å². The van der Waals surface area contributed by atoms with Crippen LogP contribution in [0.15, 0.2) is 48.7 Å². The van der Waals surface area contributed by atoms with Gasteiger partial charge in [0.2, 0.25) is 5.91 Å². The van der Waals surface area contributed by atoms with Gasteiger partial charge in [-0.1, -0.05) is 18.2 Å². The van der Waals surface area contributed by atoms with Crippen LogP contribution in [-0.2, 0) is 17.8 Å². The monoisotopic (exact) mass is 353 g/mol. The molecule has 0 aliphatic carbocycles. The Balaban J connectivity index is 1.47. The molecule has 1 aromatic carbocycles. The van der Waals surface area contributed by atoms with Crippen molar-refractivity contribution in [3.05, 3.63) is 59.9 Å². The standard InChI is InChI=1S/C21H27N3O2/c1-26-20-8-4-6-18(16-20)9-10-21(25)24-13-5-12-23(14-15-24)17-19-7-2-3-11-22-19/h2-4,6-8,11,16H,5,9-10,12-15,17H2,1H3. The van der Waals surface area contributed by atoms with E-state index in [9.17, 15) is 4.79 Å². The highest BCUT2D eigenvalue weighted by molar-refractivity contribution is 5.76. The minimum atomic E-state index is 0.243. The number of aromatic nitrogens is 1. The van der Waals surface area contributed by atoms with Crippen LogP contribution in [0.5, 0.6) is 5.75 Å². The third-order valence-electron chi connectivity index (χ3n) is 4.81. The zero-order chi connectivity index (χ0) is 18.2. The Labute approximate surface area is 155 Å². The average Bonchev–Trinajstić information content (AvgIpc) is 2.93. The summed E-state index contributed by atoms with van der Waals surface area (Å²) < 4.78 is 5.25. The van der Waals surface area contributed by atoms with Crippen LogP contribution in [0.1, 0.15) is 24.1 Å². The fourth-order valence-corrected chi connectivity index (χ4v) is 3.34. The van der Waals surface area contributed by atoms with Gasteiger partial charge in [0, 0.05) is 45.3 Å². The first kappa shape index (κ1) is 18.4. The first-order valence-electron chi connectivity index (χ1n) is 9.27. The number of aryl methyl sites for hydroxylation is 1. The highest BCUT2D eigenvalue weighted by Crippen LogP contribution is 2.15. The molecule has 1 aromatic heterocycles. The lowest BCUT2D eigenvalue weighted by Crippen LogP contribution is -2.35. The molecule has 0 bridgehead atoms. The lowest BCUT2D eigenvalue weighted by Gasteiger charge is -2.22. The van der Waals surface area contributed by atoms with Gasteiger partial charge < -0.3 is 9.64 Å². The summed E-state index contributed by atoms with van der Waals surface area (Å²) in [7, 11) is 1.66. The minimum Gasteiger partial charge on any atom is -0.497 e. The van der Waals surface area contributed by atoms with Gasteiger partial charge in [-0.05, 0) is 42.7 Å². The molecule has 0 saturated carbocycles. The molecule has 0 atom stereocenters. The van der Waals surface area contributed by atoms with E-state index in [1.165, 1.54) is 0 Å².